The van der Waals surface area contributed by atoms with Crippen molar-refractivity contribution in [2.24, 2.45) is 0 Å². The van der Waals surface area contributed by atoms with Crippen molar-refractivity contribution in [3.63, 3.8) is 0 Å². The van der Waals surface area contributed by atoms with Gasteiger partial charge in [0.05, 0.1) is 18.5 Å². The van der Waals surface area contributed by atoms with E-state index < -0.39 is 0 Å². The van der Waals surface area contributed by atoms with Crippen LogP contribution in [0, 0.1) is 0 Å². The van der Waals surface area contributed by atoms with Crippen molar-refractivity contribution >= 4 is 45.6 Å². The van der Waals surface area contributed by atoms with Crippen LogP contribution in [0.25, 0.3) is 22.4 Å². The Hall–Kier alpha value is -2.42. The van der Waals surface area contributed by atoms with E-state index in [0.717, 1.165) is 16.1 Å². The lowest BCUT2D eigenvalue weighted by Crippen LogP contribution is -2.28. The first-order valence-electron chi connectivity index (χ1n) is 7.18. The van der Waals surface area contributed by atoms with Crippen LogP contribution in [0.5, 0.6) is 0 Å². The molecule has 8 heteroatoms. The number of fused-ring (bicyclic) bond motifs is 1. The molecular formula is C16H15N5OS2. The largest absolute Gasteiger partial charge is 0.391 e. The van der Waals surface area contributed by atoms with Gasteiger partial charge in [-0.3, -0.25) is 4.98 Å². The topological polar surface area (TPSA) is 83.0 Å². The molecular weight excluding hydrogens is 342 g/mol. The number of aromatic nitrogens is 3. The second-order valence-electron chi connectivity index (χ2n) is 4.88. The van der Waals surface area contributed by atoms with Gasteiger partial charge in [-0.05, 0) is 30.4 Å². The molecule has 0 aromatic carbocycles. The number of aliphatic hydroxyl groups is 1. The maximum Gasteiger partial charge on any atom is 0.180 e. The van der Waals surface area contributed by atoms with E-state index in [0.29, 0.717) is 28.6 Å². The van der Waals surface area contributed by atoms with Gasteiger partial charge in [0.25, 0.3) is 0 Å². The molecule has 0 amide bonds. The van der Waals surface area contributed by atoms with Gasteiger partial charge < -0.3 is 15.7 Å². The number of rotatable bonds is 5. The molecule has 0 fully saturated rings. The maximum absolute atomic E-state index is 9.18. The fraction of sp³-hybridized carbons (Fsp3) is 0.125. The summed E-state index contributed by atoms with van der Waals surface area (Å²) < 4.78 is 0. The summed E-state index contributed by atoms with van der Waals surface area (Å²) in [7, 11) is 0. The Bertz CT molecular complexity index is 893. The monoisotopic (exact) mass is 357 g/mol. The number of thiophene rings is 1. The smallest absolute Gasteiger partial charge is 0.180 e. The molecule has 122 valence electrons. The molecule has 6 nitrogen and oxygen atoms in total. The number of anilines is 1. The summed E-state index contributed by atoms with van der Waals surface area (Å²) in [5.74, 6) is 0.594. The van der Waals surface area contributed by atoms with Crippen LogP contribution >= 0.6 is 23.6 Å². The van der Waals surface area contributed by atoms with E-state index in [1.807, 2.05) is 17.5 Å². The molecule has 0 saturated carbocycles. The van der Waals surface area contributed by atoms with Crippen molar-refractivity contribution in [2.75, 3.05) is 11.9 Å². The minimum Gasteiger partial charge on any atom is -0.391 e. The maximum atomic E-state index is 9.18. The molecule has 3 heterocycles. The lowest BCUT2D eigenvalue weighted by atomic mass is 10.2. The Labute approximate surface area is 148 Å². The van der Waals surface area contributed by atoms with Crippen LogP contribution < -0.4 is 10.6 Å². The highest BCUT2D eigenvalue weighted by molar-refractivity contribution is 7.80. The predicted octanol–water partition coefficient (Wildman–Crippen LogP) is 2.72. The van der Waals surface area contributed by atoms with Gasteiger partial charge >= 0.3 is 0 Å². The van der Waals surface area contributed by atoms with Crippen molar-refractivity contribution in [3.8, 4) is 11.3 Å². The van der Waals surface area contributed by atoms with Crippen molar-refractivity contribution in [2.45, 2.75) is 6.61 Å². The number of pyridine rings is 1. The van der Waals surface area contributed by atoms with Gasteiger partial charge in [-0.2, -0.15) is 0 Å². The molecule has 0 saturated heterocycles. The first-order valence-corrected chi connectivity index (χ1v) is 8.46. The molecule has 0 unspecified atom stereocenters. The van der Waals surface area contributed by atoms with Crippen molar-refractivity contribution in [3.05, 3.63) is 47.3 Å². The van der Waals surface area contributed by atoms with Crippen LogP contribution in [0.1, 0.15) is 4.88 Å². The van der Waals surface area contributed by atoms with E-state index in [1.165, 1.54) is 11.3 Å². The molecule has 0 atom stereocenters. The Balaban J connectivity index is 1.87. The third-order valence-corrected chi connectivity index (χ3v) is 4.33. The average molecular weight is 357 g/mol. The van der Waals surface area contributed by atoms with E-state index in [9.17, 15) is 5.11 Å². The molecule has 3 aromatic rings. The van der Waals surface area contributed by atoms with Gasteiger partial charge in [0.1, 0.15) is 11.3 Å². The van der Waals surface area contributed by atoms with E-state index in [-0.39, 0.29) is 6.61 Å². The summed E-state index contributed by atoms with van der Waals surface area (Å²) in [5, 5.41) is 17.6. The molecule has 3 rings (SSSR count). The second-order valence-corrected chi connectivity index (χ2v) is 6.28. The molecule has 3 N–H and O–H groups in total. The Morgan fingerprint density at radius 3 is 3.00 bits per heavy atom. The van der Waals surface area contributed by atoms with Gasteiger partial charge in [0, 0.05) is 22.4 Å². The van der Waals surface area contributed by atoms with Crippen molar-refractivity contribution in [1.29, 1.82) is 0 Å². The predicted molar refractivity (Wildman–Crippen MR) is 101 cm³/mol. The van der Waals surface area contributed by atoms with Crippen LogP contribution in [-0.2, 0) is 6.61 Å². The van der Waals surface area contributed by atoms with Crippen LogP contribution in [0.15, 0.2) is 42.4 Å². The second kappa shape index (κ2) is 7.43. The quantitative estimate of drug-likeness (QED) is 0.478. The van der Waals surface area contributed by atoms with Crippen LogP contribution in [0.4, 0.5) is 5.82 Å². The van der Waals surface area contributed by atoms with E-state index >= 15 is 0 Å². The van der Waals surface area contributed by atoms with E-state index in [2.05, 4.69) is 32.2 Å². The Morgan fingerprint density at radius 2 is 2.25 bits per heavy atom. The molecule has 0 spiro atoms. The van der Waals surface area contributed by atoms with E-state index in [1.54, 1.807) is 18.3 Å². The summed E-state index contributed by atoms with van der Waals surface area (Å²) >= 11 is 6.66. The van der Waals surface area contributed by atoms with Crippen molar-refractivity contribution < 1.29 is 5.11 Å². The minimum atomic E-state index is 0.0210. The number of hydrogen-bond donors (Lipinski definition) is 3. The van der Waals surface area contributed by atoms with Gasteiger partial charge in [-0.25, -0.2) is 9.97 Å². The summed E-state index contributed by atoms with van der Waals surface area (Å²) in [6.07, 6.45) is 3.43. The standard InChI is InChI=1S/C16H15N5OS2/c1-2-5-17-16(23)21-14-4-3-12-15(20-14)19-13(7-18-12)10-6-11(8-22)24-9-10/h2-4,6-7,9,22H,1,5,8H2,(H2,17,19,20,21,23). The fourth-order valence-electron chi connectivity index (χ4n) is 2.03. The van der Waals surface area contributed by atoms with Crippen molar-refractivity contribution in [1.82, 2.24) is 20.3 Å². The Kier molecular flexibility index (Phi) is 5.09. The molecule has 0 radical (unpaired) electrons. The van der Waals surface area contributed by atoms with Gasteiger partial charge in [0.15, 0.2) is 10.8 Å². The molecule has 3 aromatic heterocycles. The Morgan fingerprint density at radius 1 is 1.38 bits per heavy atom. The summed E-state index contributed by atoms with van der Waals surface area (Å²) in [6, 6.07) is 5.54. The first-order chi connectivity index (χ1) is 11.7. The molecule has 24 heavy (non-hydrogen) atoms. The molecule has 0 bridgehead atoms. The number of aliphatic hydroxyl groups excluding tert-OH is 1. The number of nitrogens with zero attached hydrogens (tertiary/aromatic N) is 3. The highest BCUT2D eigenvalue weighted by Crippen LogP contribution is 2.25. The van der Waals surface area contributed by atoms with Crippen LogP contribution in [-0.4, -0.2) is 31.7 Å². The lowest BCUT2D eigenvalue weighted by molar-refractivity contribution is 0.285. The number of nitrogens with one attached hydrogen (secondary N) is 2. The number of hydrogen-bond acceptors (Lipinski definition) is 6. The third-order valence-electron chi connectivity index (χ3n) is 3.16. The van der Waals surface area contributed by atoms with Gasteiger partial charge in [-0.15, -0.1) is 17.9 Å². The summed E-state index contributed by atoms with van der Waals surface area (Å²) in [5.41, 5.74) is 2.87. The zero-order valence-electron chi connectivity index (χ0n) is 12.7. The summed E-state index contributed by atoms with van der Waals surface area (Å²) in [6.45, 7) is 4.23. The average Bonchev–Trinajstić information content (AvgIpc) is 3.08. The van der Waals surface area contributed by atoms with Gasteiger partial charge in [0.2, 0.25) is 0 Å². The lowest BCUT2D eigenvalue weighted by Gasteiger charge is -2.08. The third kappa shape index (κ3) is 3.73. The first kappa shape index (κ1) is 16.4. The highest BCUT2D eigenvalue weighted by Gasteiger charge is 2.08. The van der Waals surface area contributed by atoms with E-state index in [4.69, 9.17) is 12.2 Å². The van der Waals surface area contributed by atoms with Crippen LogP contribution in [0.3, 0.4) is 0 Å². The number of thiocarbonyl (C=S) groups is 1. The zero-order chi connectivity index (χ0) is 16.9. The highest BCUT2D eigenvalue weighted by atomic mass is 32.1. The van der Waals surface area contributed by atoms with Gasteiger partial charge in [-0.1, -0.05) is 6.08 Å². The zero-order valence-corrected chi connectivity index (χ0v) is 14.3. The normalized spacial score (nSPS) is 10.5. The fourth-order valence-corrected chi connectivity index (χ4v) is 2.95. The minimum absolute atomic E-state index is 0.0210. The molecule has 0 aliphatic heterocycles. The SMILES string of the molecule is C=CCNC(=S)Nc1ccc2ncc(-c3csc(CO)c3)nc2n1. The molecule has 0 aliphatic rings. The van der Waals surface area contributed by atoms with Crippen LogP contribution in [0.2, 0.25) is 0 Å². The summed E-state index contributed by atoms with van der Waals surface area (Å²) in [4.78, 5) is 14.3. The molecule has 0 aliphatic carbocycles.